The predicted molar refractivity (Wildman–Crippen MR) is 78.6 cm³/mol. The van der Waals surface area contributed by atoms with Crippen LogP contribution in [0, 0.1) is 5.82 Å². The average molecular weight is 285 g/mol. The van der Waals surface area contributed by atoms with E-state index < -0.39 is 11.9 Å². The number of hydrogen-bond acceptors (Lipinski definition) is 4. The topological polar surface area (TPSA) is 67.9 Å². The third kappa shape index (κ3) is 2.55. The van der Waals surface area contributed by atoms with Crippen molar-refractivity contribution in [3.63, 3.8) is 0 Å². The Morgan fingerprint density at radius 2 is 2.10 bits per heavy atom. The predicted octanol–water partition coefficient (Wildman–Crippen LogP) is 3.02. The SMILES string of the molecule is Nc1cccc(-c2ccc(N3N=CCOC3=O)cc2F)c1. The molecule has 0 saturated carbocycles. The lowest BCUT2D eigenvalue weighted by molar-refractivity contribution is 0.167. The number of hydrazone groups is 1. The van der Waals surface area contributed by atoms with Crippen LogP contribution in [0.2, 0.25) is 0 Å². The number of anilines is 2. The van der Waals surface area contributed by atoms with E-state index in [1.807, 2.05) is 0 Å². The number of amides is 1. The van der Waals surface area contributed by atoms with E-state index in [1.165, 1.54) is 12.3 Å². The van der Waals surface area contributed by atoms with Gasteiger partial charge in [0.05, 0.1) is 11.9 Å². The summed E-state index contributed by atoms with van der Waals surface area (Å²) >= 11 is 0. The van der Waals surface area contributed by atoms with Gasteiger partial charge < -0.3 is 10.5 Å². The molecule has 106 valence electrons. The Balaban J connectivity index is 1.98. The summed E-state index contributed by atoms with van der Waals surface area (Å²) in [5.41, 5.74) is 7.64. The van der Waals surface area contributed by atoms with Crippen molar-refractivity contribution < 1.29 is 13.9 Å². The monoisotopic (exact) mass is 285 g/mol. The summed E-state index contributed by atoms with van der Waals surface area (Å²) in [7, 11) is 0. The molecule has 0 unspecified atom stereocenters. The van der Waals surface area contributed by atoms with Crippen molar-refractivity contribution in [1.82, 2.24) is 0 Å². The lowest BCUT2D eigenvalue weighted by Crippen LogP contribution is -2.31. The number of halogens is 1. The summed E-state index contributed by atoms with van der Waals surface area (Å²) in [5, 5.41) is 4.90. The highest BCUT2D eigenvalue weighted by Gasteiger charge is 2.20. The first-order valence-corrected chi connectivity index (χ1v) is 6.30. The van der Waals surface area contributed by atoms with E-state index in [4.69, 9.17) is 10.5 Å². The van der Waals surface area contributed by atoms with Crippen LogP contribution in [0.1, 0.15) is 0 Å². The Kier molecular flexibility index (Phi) is 3.27. The third-order valence-corrected chi connectivity index (χ3v) is 3.05. The standard InChI is InChI=1S/C15H12FN3O2/c16-14-9-12(19-15(20)21-7-6-18-19)4-5-13(14)10-2-1-3-11(17)8-10/h1-6,8-9H,7,17H2. The van der Waals surface area contributed by atoms with Crippen molar-refractivity contribution in [2.45, 2.75) is 0 Å². The van der Waals surface area contributed by atoms with Gasteiger partial charge in [0.15, 0.2) is 0 Å². The molecule has 0 bridgehead atoms. The minimum Gasteiger partial charge on any atom is -0.442 e. The lowest BCUT2D eigenvalue weighted by atomic mass is 10.0. The molecule has 1 amide bonds. The number of benzene rings is 2. The molecular formula is C15H12FN3O2. The molecule has 6 heteroatoms. The zero-order valence-corrected chi connectivity index (χ0v) is 11.0. The summed E-state index contributed by atoms with van der Waals surface area (Å²) in [6.07, 6.45) is 0.805. The number of nitrogens with two attached hydrogens (primary N) is 1. The maximum Gasteiger partial charge on any atom is 0.435 e. The van der Waals surface area contributed by atoms with Crippen molar-refractivity contribution in [2.75, 3.05) is 17.3 Å². The van der Waals surface area contributed by atoms with Crippen LogP contribution in [0.3, 0.4) is 0 Å². The van der Waals surface area contributed by atoms with Crippen molar-refractivity contribution in [3.8, 4) is 11.1 Å². The third-order valence-electron chi connectivity index (χ3n) is 3.05. The molecule has 2 N–H and O–H groups in total. The summed E-state index contributed by atoms with van der Waals surface area (Å²) in [6.45, 7) is 0.124. The van der Waals surface area contributed by atoms with E-state index in [9.17, 15) is 9.18 Å². The molecule has 3 rings (SSSR count). The summed E-state index contributed by atoms with van der Waals surface area (Å²) in [6, 6.07) is 11.4. The van der Waals surface area contributed by atoms with Gasteiger partial charge in [-0.1, -0.05) is 12.1 Å². The summed E-state index contributed by atoms with van der Waals surface area (Å²) in [5.74, 6) is -0.466. The van der Waals surface area contributed by atoms with Gasteiger partial charge in [0.1, 0.15) is 12.4 Å². The quantitative estimate of drug-likeness (QED) is 0.862. The van der Waals surface area contributed by atoms with Crippen molar-refractivity contribution >= 4 is 23.7 Å². The van der Waals surface area contributed by atoms with Gasteiger partial charge in [-0.25, -0.2) is 9.18 Å². The Morgan fingerprint density at radius 1 is 1.24 bits per heavy atom. The number of cyclic esters (lactones) is 1. The zero-order chi connectivity index (χ0) is 14.8. The molecule has 1 aliphatic heterocycles. The average Bonchev–Trinajstić information content (AvgIpc) is 2.47. The van der Waals surface area contributed by atoms with E-state index in [2.05, 4.69) is 5.10 Å². The second-order valence-electron chi connectivity index (χ2n) is 4.48. The first-order valence-electron chi connectivity index (χ1n) is 6.30. The molecule has 0 aliphatic carbocycles. The van der Waals surface area contributed by atoms with E-state index in [-0.39, 0.29) is 6.61 Å². The van der Waals surface area contributed by atoms with Crippen LogP contribution in [0.5, 0.6) is 0 Å². The molecule has 0 saturated heterocycles. The largest absolute Gasteiger partial charge is 0.442 e. The van der Waals surface area contributed by atoms with Crippen LogP contribution in [0.25, 0.3) is 11.1 Å². The second-order valence-corrected chi connectivity index (χ2v) is 4.48. The number of carbonyl (C=O) groups is 1. The van der Waals surface area contributed by atoms with Gasteiger partial charge in [0.2, 0.25) is 0 Å². The highest BCUT2D eigenvalue weighted by molar-refractivity contribution is 5.91. The van der Waals surface area contributed by atoms with Gasteiger partial charge in [0, 0.05) is 17.3 Å². The number of nitrogens with zero attached hydrogens (tertiary/aromatic N) is 2. The number of carbonyl (C=O) groups excluding carboxylic acids is 1. The van der Waals surface area contributed by atoms with Gasteiger partial charge in [-0.05, 0) is 29.8 Å². The smallest absolute Gasteiger partial charge is 0.435 e. The van der Waals surface area contributed by atoms with Gasteiger partial charge in [-0.2, -0.15) is 10.1 Å². The summed E-state index contributed by atoms with van der Waals surface area (Å²) < 4.78 is 19.1. The van der Waals surface area contributed by atoms with Crippen LogP contribution in [0.4, 0.5) is 20.6 Å². The fraction of sp³-hybridized carbons (Fsp3) is 0.0667. The minimum absolute atomic E-state index is 0.124. The number of nitrogen functional groups attached to an aromatic ring is 1. The normalized spacial score (nSPS) is 14.1. The van der Waals surface area contributed by atoms with Crippen molar-refractivity contribution in [3.05, 3.63) is 48.3 Å². The molecule has 0 atom stereocenters. The number of ether oxygens (including phenoxy) is 1. The first kappa shape index (κ1) is 13.1. The molecule has 2 aromatic rings. The van der Waals surface area contributed by atoms with Gasteiger partial charge in [-0.3, -0.25) is 0 Å². The van der Waals surface area contributed by atoms with Gasteiger partial charge in [0.25, 0.3) is 0 Å². The molecule has 0 radical (unpaired) electrons. The number of rotatable bonds is 2. The fourth-order valence-electron chi connectivity index (χ4n) is 2.08. The van der Waals surface area contributed by atoms with Crippen LogP contribution < -0.4 is 10.7 Å². The highest BCUT2D eigenvalue weighted by Crippen LogP contribution is 2.28. The van der Waals surface area contributed by atoms with E-state index in [0.717, 1.165) is 5.01 Å². The summed E-state index contributed by atoms with van der Waals surface area (Å²) in [4.78, 5) is 11.6. The fourth-order valence-corrected chi connectivity index (χ4v) is 2.08. The molecule has 0 fully saturated rings. The lowest BCUT2D eigenvalue weighted by Gasteiger charge is -2.20. The van der Waals surface area contributed by atoms with Crippen LogP contribution >= 0.6 is 0 Å². The molecule has 0 aromatic heterocycles. The second kappa shape index (κ2) is 5.24. The molecule has 1 aliphatic rings. The van der Waals surface area contributed by atoms with E-state index in [0.29, 0.717) is 22.5 Å². The maximum absolute atomic E-state index is 14.3. The Labute approximate surface area is 120 Å². The van der Waals surface area contributed by atoms with Crippen molar-refractivity contribution in [1.29, 1.82) is 0 Å². The molecule has 21 heavy (non-hydrogen) atoms. The van der Waals surface area contributed by atoms with Crippen LogP contribution in [-0.4, -0.2) is 18.9 Å². The van der Waals surface area contributed by atoms with Gasteiger partial charge >= 0.3 is 6.09 Å². The molecule has 1 heterocycles. The van der Waals surface area contributed by atoms with Crippen LogP contribution in [0.15, 0.2) is 47.6 Å². The molecule has 0 spiro atoms. The van der Waals surface area contributed by atoms with E-state index in [1.54, 1.807) is 36.4 Å². The van der Waals surface area contributed by atoms with Gasteiger partial charge in [-0.15, -0.1) is 0 Å². The number of hydrogen-bond donors (Lipinski definition) is 1. The van der Waals surface area contributed by atoms with Crippen molar-refractivity contribution in [2.24, 2.45) is 5.10 Å². The Hall–Kier alpha value is -2.89. The Bertz CT molecular complexity index is 731. The minimum atomic E-state index is -0.631. The first-order chi connectivity index (χ1) is 10.1. The van der Waals surface area contributed by atoms with Crippen LogP contribution in [-0.2, 0) is 4.74 Å². The molecule has 2 aromatic carbocycles. The van der Waals surface area contributed by atoms with E-state index >= 15 is 0 Å². The maximum atomic E-state index is 14.3. The zero-order valence-electron chi connectivity index (χ0n) is 11.0. The highest BCUT2D eigenvalue weighted by atomic mass is 19.1. The molecular weight excluding hydrogens is 273 g/mol. The molecule has 5 nitrogen and oxygen atoms in total. The Morgan fingerprint density at radius 3 is 2.81 bits per heavy atom.